The van der Waals surface area contributed by atoms with E-state index in [0.717, 1.165) is 11.1 Å². The Morgan fingerprint density at radius 2 is 1.44 bits per heavy atom. The Labute approximate surface area is 207 Å². The zero-order valence-corrected chi connectivity index (χ0v) is 20.6. The lowest BCUT2D eigenvalue weighted by atomic mass is 10.0. The van der Waals surface area contributed by atoms with Crippen LogP contribution in [0.1, 0.15) is 16.7 Å². The van der Waals surface area contributed by atoms with Crippen molar-refractivity contribution in [3.8, 4) is 5.75 Å². The molecule has 4 aromatic carbocycles. The highest BCUT2D eigenvalue weighted by Crippen LogP contribution is 2.47. The van der Waals surface area contributed by atoms with E-state index >= 15 is 0 Å². The van der Waals surface area contributed by atoms with Crippen LogP contribution in [-0.4, -0.2) is 18.1 Å². The predicted octanol–water partition coefficient (Wildman–Crippen LogP) is 6.71. The maximum absolute atomic E-state index is 12.2. The van der Waals surface area contributed by atoms with Gasteiger partial charge in [-0.15, -0.1) is 10.2 Å². The normalized spacial score (nSPS) is 12.2. The first-order valence-electron chi connectivity index (χ1n) is 10.8. The number of phenols is 1. The number of rotatable bonds is 5. The highest BCUT2D eigenvalue weighted by Gasteiger charge is 2.24. The van der Waals surface area contributed by atoms with Gasteiger partial charge in [-0.2, -0.15) is 18.6 Å². The number of fused-ring (bicyclic) bond motifs is 1. The van der Waals surface area contributed by atoms with Gasteiger partial charge in [-0.25, -0.2) is 0 Å². The summed E-state index contributed by atoms with van der Waals surface area (Å²) in [7, 11) is -4.78. The van der Waals surface area contributed by atoms with E-state index in [1.54, 1.807) is 50.2 Å². The fraction of sp³-hybridized carbons (Fsp3) is 0.120. The minimum Gasteiger partial charge on any atom is -0.505 e. The number of nitrogens with two attached hydrogens (primary N) is 2. The molecule has 11 heteroatoms. The summed E-state index contributed by atoms with van der Waals surface area (Å²) in [4.78, 5) is -0.620. The van der Waals surface area contributed by atoms with E-state index in [0.29, 0.717) is 28.3 Å². The van der Waals surface area contributed by atoms with Crippen molar-refractivity contribution in [3.05, 3.63) is 71.3 Å². The molecular weight excluding hydrogens is 480 g/mol. The number of aromatic hydroxyl groups is 1. The molecule has 0 aliphatic heterocycles. The summed E-state index contributed by atoms with van der Waals surface area (Å²) in [5.41, 5.74) is 15.8. The monoisotopic (exact) mass is 504 g/mol. The fourth-order valence-corrected chi connectivity index (χ4v) is 4.32. The summed E-state index contributed by atoms with van der Waals surface area (Å²) in [5.74, 6) is -0.574. The smallest absolute Gasteiger partial charge is 0.296 e. The number of hydrogen-bond acceptors (Lipinski definition) is 9. The van der Waals surface area contributed by atoms with Crippen LogP contribution in [-0.2, 0) is 10.1 Å². The number of anilines is 2. The Balaban J connectivity index is 1.93. The zero-order chi connectivity index (χ0) is 26.2. The first-order chi connectivity index (χ1) is 17.0. The van der Waals surface area contributed by atoms with Crippen molar-refractivity contribution >= 4 is 55.0 Å². The van der Waals surface area contributed by atoms with E-state index in [1.165, 1.54) is 6.07 Å². The molecule has 0 fully saturated rings. The molecule has 0 unspecified atom stereocenters. The van der Waals surface area contributed by atoms with Crippen molar-refractivity contribution in [3.63, 3.8) is 0 Å². The molecule has 0 amide bonds. The largest absolute Gasteiger partial charge is 0.505 e. The highest BCUT2D eigenvalue weighted by molar-refractivity contribution is 7.86. The third-order valence-corrected chi connectivity index (χ3v) is 6.48. The van der Waals surface area contributed by atoms with E-state index in [4.69, 9.17) is 11.5 Å². The molecule has 0 saturated heterocycles. The lowest BCUT2D eigenvalue weighted by Crippen LogP contribution is -2.00. The lowest BCUT2D eigenvalue weighted by molar-refractivity contribution is 0.472. The van der Waals surface area contributed by atoms with Crippen molar-refractivity contribution in [1.29, 1.82) is 0 Å². The maximum Gasteiger partial charge on any atom is 0.296 e. The predicted molar refractivity (Wildman–Crippen MR) is 140 cm³/mol. The molecule has 0 bridgehead atoms. The Bertz CT molecular complexity index is 1660. The zero-order valence-electron chi connectivity index (χ0n) is 19.8. The van der Waals surface area contributed by atoms with Gasteiger partial charge < -0.3 is 16.6 Å². The summed E-state index contributed by atoms with van der Waals surface area (Å²) in [6.45, 7) is 5.45. The molecule has 0 aliphatic rings. The molecule has 0 radical (unpaired) electrons. The molecule has 4 aromatic rings. The second kappa shape index (κ2) is 9.36. The Kier molecular flexibility index (Phi) is 6.44. The lowest BCUT2D eigenvalue weighted by Gasteiger charge is -2.13. The average Bonchev–Trinajstić information content (AvgIpc) is 2.80. The number of nitrogens with zero attached hydrogens (tertiary/aromatic N) is 4. The third kappa shape index (κ3) is 4.88. The number of phenolic OH excluding ortho intramolecular Hbond substituents is 1. The fourth-order valence-electron chi connectivity index (χ4n) is 3.67. The number of hydrogen-bond donors (Lipinski definition) is 4. The average molecular weight is 505 g/mol. The molecule has 0 aliphatic carbocycles. The molecule has 4 rings (SSSR count). The van der Waals surface area contributed by atoms with Crippen molar-refractivity contribution in [1.82, 2.24) is 0 Å². The van der Waals surface area contributed by atoms with Gasteiger partial charge in [0.25, 0.3) is 10.1 Å². The Morgan fingerprint density at radius 1 is 0.778 bits per heavy atom. The van der Waals surface area contributed by atoms with Crippen molar-refractivity contribution in [2.24, 2.45) is 20.5 Å². The van der Waals surface area contributed by atoms with Gasteiger partial charge in [-0.1, -0.05) is 23.8 Å². The summed E-state index contributed by atoms with van der Waals surface area (Å²) in [6.07, 6.45) is 0. The number of aryl methyl sites for hydroxylation is 3. The van der Waals surface area contributed by atoms with Gasteiger partial charge in [0, 0.05) is 5.69 Å². The van der Waals surface area contributed by atoms with E-state index in [9.17, 15) is 18.1 Å². The molecule has 0 heterocycles. The number of benzene rings is 4. The van der Waals surface area contributed by atoms with Crippen LogP contribution >= 0.6 is 0 Å². The van der Waals surface area contributed by atoms with Gasteiger partial charge in [0.15, 0.2) is 5.75 Å². The van der Waals surface area contributed by atoms with Gasteiger partial charge in [0.05, 0.1) is 22.4 Å². The van der Waals surface area contributed by atoms with Crippen LogP contribution in [0.3, 0.4) is 0 Å². The van der Waals surface area contributed by atoms with E-state index in [2.05, 4.69) is 20.5 Å². The molecule has 10 nitrogen and oxygen atoms in total. The summed E-state index contributed by atoms with van der Waals surface area (Å²) >= 11 is 0. The van der Waals surface area contributed by atoms with Crippen molar-refractivity contribution in [2.45, 2.75) is 25.7 Å². The van der Waals surface area contributed by atoms with Crippen LogP contribution in [0.5, 0.6) is 5.75 Å². The van der Waals surface area contributed by atoms with Crippen LogP contribution in [0.25, 0.3) is 10.8 Å². The van der Waals surface area contributed by atoms with E-state index in [-0.39, 0.29) is 16.5 Å². The quantitative estimate of drug-likeness (QED) is 0.133. The van der Waals surface area contributed by atoms with Gasteiger partial charge in [-0.05, 0) is 73.7 Å². The van der Waals surface area contributed by atoms with Crippen LogP contribution < -0.4 is 11.5 Å². The Hall–Kier alpha value is -4.35. The minimum atomic E-state index is -4.78. The van der Waals surface area contributed by atoms with E-state index < -0.39 is 26.5 Å². The second-order valence-electron chi connectivity index (χ2n) is 8.38. The van der Waals surface area contributed by atoms with Crippen LogP contribution in [0.15, 0.2) is 79.9 Å². The van der Waals surface area contributed by atoms with Crippen LogP contribution in [0.2, 0.25) is 0 Å². The topological polar surface area (TPSA) is 176 Å². The summed E-state index contributed by atoms with van der Waals surface area (Å²) in [5, 5.41) is 28.0. The molecule has 36 heavy (non-hydrogen) atoms. The summed E-state index contributed by atoms with van der Waals surface area (Å²) in [6, 6.07) is 15.1. The molecule has 0 spiro atoms. The molecule has 0 saturated carbocycles. The third-order valence-electron chi connectivity index (χ3n) is 5.61. The maximum atomic E-state index is 12.2. The molecular formula is C25H24N6O4S. The Morgan fingerprint density at radius 3 is 2.11 bits per heavy atom. The molecule has 0 atom stereocenters. The highest BCUT2D eigenvalue weighted by atomic mass is 32.2. The van der Waals surface area contributed by atoms with Crippen LogP contribution in [0.4, 0.5) is 34.1 Å². The van der Waals surface area contributed by atoms with Gasteiger partial charge in [0.1, 0.15) is 16.3 Å². The van der Waals surface area contributed by atoms with Crippen molar-refractivity contribution in [2.75, 3.05) is 11.5 Å². The van der Waals surface area contributed by atoms with Gasteiger partial charge >= 0.3 is 0 Å². The molecule has 6 N–H and O–H groups in total. The molecule has 0 aromatic heterocycles. The van der Waals surface area contributed by atoms with Gasteiger partial charge in [-0.3, -0.25) is 4.55 Å². The van der Waals surface area contributed by atoms with Gasteiger partial charge in [0.2, 0.25) is 0 Å². The minimum absolute atomic E-state index is 0.0665. The molecule has 184 valence electrons. The standard InChI is InChI=1S/C25H24N6O4S/c1-13-4-8-18(9-5-13)28-30-23-15(3)10-16-11-20(36(33,34)35)24(25(32)21(16)22(23)27)31-29-19-12-17(26)7-6-14(19)2/h4-12,32H,26-27H2,1-3H3,(H,33,34,35). The van der Waals surface area contributed by atoms with E-state index in [1.807, 2.05) is 19.1 Å². The first kappa shape index (κ1) is 24.8. The second-order valence-corrected chi connectivity index (χ2v) is 9.77. The van der Waals surface area contributed by atoms with Crippen LogP contribution in [0, 0.1) is 20.8 Å². The number of azo groups is 2. The summed E-state index contributed by atoms with van der Waals surface area (Å²) < 4.78 is 34.2. The first-order valence-corrected chi connectivity index (χ1v) is 12.2. The van der Waals surface area contributed by atoms with Crippen molar-refractivity contribution < 1.29 is 18.1 Å². The number of nitrogen functional groups attached to an aromatic ring is 2. The SMILES string of the molecule is Cc1ccc(N=Nc2c(C)cc3cc(S(=O)(=O)O)c(N=Nc4cc(N)ccc4C)c(O)c3c2N)cc1.